The van der Waals surface area contributed by atoms with Gasteiger partial charge < -0.3 is 9.22 Å². The van der Waals surface area contributed by atoms with Crippen LogP contribution in [-0.4, -0.2) is 43.2 Å². The molecule has 1 aromatic rings. The number of hydrogen-bond donors (Lipinski definition) is 0. The van der Waals surface area contributed by atoms with Crippen molar-refractivity contribution in [2.24, 2.45) is 0 Å². The van der Waals surface area contributed by atoms with Gasteiger partial charge in [0.2, 0.25) is 0 Å². The van der Waals surface area contributed by atoms with Crippen molar-refractivity contribution in [3.8, 4) is 0 Å². The van der Waals surface area contributed by atoms with Crippen molar-refractivity contribution in [1.29, 1.82) is 0 Å². The van der Waals surface area contributed by atoms with Crippen molar-refractivity contribution in [1.82, 2.24) is 0 Å². The number of nitrogens with zero attached hydrogens (tertiary/aromatic N) is 1. The van der Waals surface area contributed by atoms with Gasteiger partial charge in [-0.2, -0.15) is 0 Å². The minimum Gasteiger partial charge on any atom is -0.462 e. The molecule has 0 heterocycles. The highest BCUT2D eigenvalue weighted by Crippen LogP contribution is 2.13. The first kappa shape index (κ1) is 26.4. The predicted octanol–water partition coefficient (Wildman–Crippen LogP) is 6.72. The maximum atomic E-state index is 12.5. The Bertz CT molecular complexity index is 590. The second-order valence-corrected chi connectivity index (χ2v) is 8.72. The molecule has 3 nitrogen and oxygen atoms in total. The van der Waals surface area contributed by atoms with Gasteiger partial charge in [-0.05, 0) is 45.3 Å². The molecule has 0 aromatic heterocycles. The van der Waals surface area contributed by atoms with Crippen molar-refractivity contribution in [3.63, 3.8) is 0 Å². The van der Waals surface area contributed by atoms with E-state index in [2.05, 4.69) is 64.1 Å². The van der Waals surface area contributed by atoms with Gasteiger partial charge >= 0.3 is 5.97 Å². The number of rotatable bonds is 17. The largest absolute Gasteiger partial charge is 0.462 e. The van der Waals surface area contributed by atoms with Crippen molar-refractivity contribution < 1.29 is 14.0 Å². The number of benzene rings is 1. The van der Waals surface area contributed by atoms with Crippen LogP contribution < -0.4 is 0 Å². The highest BCUT2D eigenvalue weighted by Gasteiger charge is 2.26. The molecule has 0 aliphatic heterocycles. The van der Waals surface area contributed by atoms with Crippen molar-refractivity contribution in [3.05, 3.63) is 47.5 Å². The minimum atomic E-state index is -0.0456. The van der Waals surface area contributed by atoms with E-state index in [1.54, 1.807) is 0 Å². The first-order valence-corrected chi connectivity index (χ1v) is 12.3. The molecule has 1 rings (SSSR count). The summed E-state index contributed by atoms with van der Waals surface area (Å²) in [6.45, 7) is 12.6. The normalized spacial score (nSPS) is 12.2. The predicted molar refractivity (Wildman–Crippen MR) is 129 cm³/mol. The quantitative estimate of drug-likeness (QED) is 0.122. The van der Waals surface area contributed by atoms with Crippen LogP contribution >= 0.6 is 0 Å². The molecular weight excluding hydrogens is 370 g/mol. The summed E-state index contributed by atoms with van der Waals surface area (Å²) >= 11 is 0. The number of quaternary nitrogens is 1. The van der Waals surface area contributed by atoms with E-state index >= 15 is 0 Å². The fourth-order valence-corrected chi connectivity index (χ4v) is 3.85. The lowest BCUT2D eigenvalue weighted by Crippen LogP contribution is -2.51. The van der Waals surface area contributed by atoms with Crippen LogP contribution in [0.4, 0.5) is 0 Å². The van der Waals surface area contributed by atoms with Gasteiger partial charge in [-0.3, -0.25) is 0 Å². The Hall–Kier alpha value is -1.61. The van der Waals surface area contributed by atoms with Crippen LogP contribution in [0.15, 0.2) is 42.0 Å². The van der Waals surface area contributed by atoms with Crippen molar-refractivity contribution in [2.75, 3.05) is 32.8 Å². The molecule has 0 saturated carbocycles. The van der Waals surface area contributed by atoms with Gasteiger partial charge in [0.1, 0.15) is 0 Å². The van der Waals surface area contributed by atoms with E-state index in [1.165, 1.54) is 56.1 Å². The molecule has 30 heavy (non-hydrogen) atoms. The summed E-state index contributed by atoms with van der Waals surface area (Å²) in [5, 5.41) is 0. The summed E-state index contributed by atoms with van der Waals surface area (Å²) in [4.78, 5) is 12.5. The lowest BCUT2D eigenvalue weighted by Gasteiger charge is -2.35. The Morgan fingerprint density at radius 1 is 0.900 bits per heavy atom. The minimum absolute atomic E-state index is 0.0456. The van der Waals surface area contributed by atoms with Crippen LogP contribution in [-0.2, 0) is 16.0 Å². The van der Waals surface area contributed by atoms with E-state index in [1.807, 2.05) is 0 Å². The maximum absolute atomic E-state index is 12.5. The van der Waals surface area contributed by atoms with E-state index in [9.17, 15) is 4.79 Å². The molecular formula is C27H46NO2+. The maximum Gasteiger partial charge on any atom is 0.361 e. The van der Waals surface area contributed by atoms with E-state index < -0.39 is 0 Å². The second-order valence-electron chi connectivity index (χ2n) is 8.72. The molecule has 0 N–H and O–H groups in total. The number of esters is 1. The summed E-state index contributed by atoms with van der Waals surface area (Å²) in [6.07, 6.45) is 13.4. The standard InChI is InChI=1S/C27H46NO2/c1-5-8-9-10-11-12-13-17-22-30-27(29)24-28(6-2,7-3)21-20-25(4)23-26-18-15-14-16-19-26/h14-16,18-20H,5-13,17,21-24H2,1-4H3/q+1/b25-20+. The Kier molecular flexibility index (Phi) is 14.2. The topological polar surface area (TPSA) is 26.3 Å². The van der Waals surface area contributed by atoms with Gasteiger partial charge in [0.25, 0.3) is 0 Å². The first-order valence-electron chi connectivity index (χ1n) is 12.3. The summed E-state index contributed by atoms with van der Waals surface area (Å²) in [6, 6.07) is 10.6. The van der Waals surface area contributed by atoms with Crippen LogP contribution in [0.3, 0.4) is 0 Å². The Morgan fingerprint density at radius 2 is 1.50 bits per heavy atom. The fraction of sp³-hybridized carbons (Fsp3) is 0.667. The van der Waals surface area contributed by atoms with Crippen LogP contribution in [0.25, 0.3) is 0 Å². The second kappa shape index (κ2) is 16.1. The number of unbranched alkanes of at least 4 members (excludes halogenated alkanes) is 7. The molecule has 0 radical (unpaired) electrons. The molecule has 3 heteroatoms. The molecule has 0 fully saturated rings. The monoisotopic (exact) mass is 416 g/mol. The number of carbonyl (C=O) groups excluding carboxylic acids is 1. The molecule has 0 aliphatic carbocycles. The molecule has 0 aliphatic rings. The average Bonchev–Trinajstić information content (AvgIpc) is 2.76. The summed E-state index contributed by atoms with van der Waals surface area (Å²) in [5.41, 5.74) is 2.69. The van der Waals surface area contributed by atoms with E-state index in [0.717, 1.165) is 37.0 Å². The summed E-state index contributed by atoms with van der Waals surface area (Å²) in [7, 11) is 0. The van der Waals surface area contributed by atoms with Crippen molar-refractivity contribution in [2.45, 2.75) is 85.5 Å². The molecule has 1 aromatic carbocycles. The Labute approximate surface area is 186 Å². The zero-order valence-electron chi connectivity index (χ0n) is 20.1. The van der Waals surface area contributed by atoms with E-state index in [-0.39, 0.29) is 5.97 Å². The number of carbonyl (C=O) groups is 1. The van der Waals surface area contributed by atoms with Crippen LogP contribution in [0.5, 0.6) is 0 Å². The van der Waals surface area contributed by atoms with Crippen LogP contribution in [0.2, 0.25) is 0 Å². The number of likely N-dealkylation sites (N-methyl/N-ethyl adjacent to an activating group) is 1. The smallest absolute Gasteiger partial charge is 0.361 e. The van der Waals surface area contributed by atoms with Crippen LogP contribution in [0, 0.1) is 0 Å². The first-order chi connectivity index (χ1) is 14.5. The van der Waals surface area contributed by atoms with Gasteiger partial charge in [-0.25, -0.2) is 4.79 Å². The fourth-order valence-electron chi connectivity index (χ4n) is 3.85. The molecule has 0 amide bonds. The zero-order valence-corrected chi connectivity index (χ0v) is 20.1. The third-order valence-electron chi connectivity index (χ3n) is 6.22. The Morgan fingerprint density at radius 3 is 2.10 bits per heavy atom. The molecule has 170 valence electrons. The number of ether oxygens (including phenoxy) is 1. The molecule has 0 bridgehead atoms. The van der Waals surface area contributed by atoms with E-state index in [4.69, 9.17) is 4.74 Å². The van der Waals surface area contributed by atoms with E-state index in [0.29, 0.717) is 13.2 Å². The summed E-state index contributed by atoms with van der Waals surface area (Å²) < 4.78 is 6.34. The number of allylic oxidation sites excluding steroid dienone is 1. The third-order valence-corrected chi connectivity index (χ3v) is 6.22. The van der Waals surface area contributed by atoms with Gasteiger partial charge in [-0.15, -0.1) is 0 Å². The van der Waals surface area contributed by atoms with Gasteiger partial charge in [0.15, 0.2) is 6.54 Å². The molecule has 0 atom stereocenters. The Balaban J connectivity index is 2.34. The van der Waals surface area contributed by atoms with Gasteiger partial charge in [0.05, 0.1) is 26.2 Å². The highest BCUT2D eigenvalue weighted by molar-refractivity contribution is 5.70. The lowest BCUT2D eigenvalue weighted by molar-refractivity contribution is -0.912. The third kappa shape index (κ3) is 11.5. The van der Waals surface area contributed by atoms with Gasteiger partial charge in [0, 0.05) is 0 Å². The molecule has 0 unspecified atom stereocenters. The van der Waals surface area contributed by atoms with Crippen molar-refractivity contribution >= 4 is 5.97 Å². The lowest BCUT2D eigenvalue weighted by atomic mass is 10.1. The molecule has 0 spiro atoms. The van der Waals surface area contributed by atoms with Gasteiger partial charge in [-0.1, -0.05) is 87.8 Å². The highest BCUT2D eigenvalue weighted by atomic mass is 16.5. The van der Waals surface area contributed by atoms with Crippen LogP contribution in [0.1, 0.15) is 84.6 Å². The molecule has 0 saturated heterocycles. The summed E-state index contributed by atoms with van der Waals surface area (Å²) in [5.74, 6) is -0.0456. The average molecular weight is 417 g/mol. The number of hydrogen-bond acceptors (Lipinski definition) is 2. The SMILES string of the molecule is CCCCCCCCCCOC(=O)C[N+](CC)(CC)C/C=C(\C)Cc1ccccc1. The zero-order chi connectivity index (χ0) is 22.1.